The van der Waals surface area contributed by atoms with Gasteiger partial charge in [-0.1, -0.05) is 34.1 Å². The van der Waals surface area contributed by atoms with Crippen LogP contribution in [0.3, 0.4) is 0 Å². The summed E-state index contributed by atoms with van der Waals surface area (Å²) in [5, 5.41) is 3.31. The second kappa shape index (κ2) is 5.08. The molecule has 0 radical (unpaired) electrons. The van der Waals surface area contributed by atoms with E-state index in [1.807, 2.05) is 0 Å². The van der Waals surface area contributed by atoms with Crippen LogP contribution in [0.5, 0.6) is 0 Å². The lowest BCUT2D eigenvalue weighted by atomic mass is 9.69. The Morgan fingerprint density at radius 3 is 2.53 bits per heavy atom. The van der Waals surface area contributed by atoms with E-state index in [0.717, 1.165) is 18.8 Å². The van der Waals surface area contributed by atoms with Gasteiger partial charge in [-0.2, -0.15) is 0 Å². The minimum Gasteiger partial charge on any atom is -0.353 e. The van der Waals surface area contributed by atoms with E-state index in [0.29, 0.717) is 30.3 Å². The van der Waals surface area contributed by atoms with E-state index in [1.165, 1.54) is 12.8 Å². The summed E-state index contributed by atoms with van der Waals surface area (Å²) < 4.78 is 0. The third kappa shape index (κ3) is 2.31. The quantitative estimate of drug-likeness (QED) is 0.804. The number of fused-ring (bicyclic) bond motifs is 2. The van der Waals surface area contributed by atoms with Crippen molar-refractivity contribution in [2.75, 3.05) is 6.54 Å². The first-order chi connectivity index (χ1) is 8.85. The van der Waals surface area contributed by atoms with Gasteiger partial charge in [-0.25, -0.2) is 0 Å². The number of rotatable bonds is 5. The lowest BCUT2D eigenvalue weighted by molar-refractivity contribution is -0.123. The van der Waals surface area contributed by atoms with E-state index in [2.05, 4.69) is 33.0 Å². The van der Waals surface area contributed by atoms with Gasteiger partial charge >= 0.3 is 0 Å². The van der Waals surface area contributed by atoms with Crippen LogP contribution in [-0.4, -0.2) is 18.5 Å². The second-order valence-electron chi connectivity index (χ2n) is 7.44. The van der Waals surface area contributed by atoms with Crippen LogP contribution < -0.4 is 11.1 Å². The van der Waals surface area contributed by atoms with Crippen LogP contribution >= 0.6 is 0 Å². The predicted octanol–water partition coefficient (Wildman–Crippen LogP) is 2.69. The van der Waals surface area contributed by atoms with Crippen LogP contribution in [0.15, 0.2) is 0 Å². The molecule has 3 heteroatoms. The molecule has 4 unspecified atom stereocenters. The standard InChI is InChI=1S/C16H30N2O/c1-5-11(10-17)8-14(19)18-13-9-12-6-7-16(13,4)15(12,2)3/h11-13H,5-10,17H2,1-4H3,(H,18,19). The van der Waals surface area contributed by atoms with Crippen molar-refractivity contribution in [1.29, 1.82) is 0 Å². The maximum Gasteiger partial charge on any atom is 0.220 e. The third-order valence-electron chi connectivity index (χ3n) is 6.51. The van der Waals surface area contributed by atoms with Crippen molar-refractivity contribution in [1.82, 2.24) is 5.32 Å². The van der Waals surface area contributed by atoms with Gasteiger partial charge in [-0.15, -0.1) is 0 Å². The van der Waals surface area contributed by atoms with Gasteiger partial charge < -0.3 is 11.1 Å². The number of carbonyl (C=O) groups is 1. The highest BCUT2D eigenvalue weighted by Gasteiger charge is 2.61. The van der Waals surface area contributed by atoms with Crippen molar-refractivity contribution >= 4 is 5.91 Å². The molecular formula is C16H30N2O. The molecule has 0 spiro atoms. The van der Waals surface area contributed by atoms with Crippen LogP contribution in [0.25, 0.3) is 0 Å². The molecule has 3 nitrogen and oxygen atoms in total. The molecule has 0 aromatic rings. The molecule has 0 aromatic carbocycles. The van der Waals surface area contributed by atoms with E-state index >= 15 is 0 Å². The minimum absolute atomic E-state index is 0.201. The Hall–Kier alpha value is -0.570. The van der Waals surface area contributed by atoms with Crippen molar-refractivity contribution in [2.24, 2.45) is 28.4 Å². The van der Waals surface area contributed by atoms with E-state index in [1.54, 1.807) is 0 Å². The Labute approximate surface area is 117 Å². The lowest BCUT2D eigenvalue weighted by Crippen LogP contribution is -2.47. The van der Waals surface area contributed by atoms with Crippen molar-refractivity contribution < 1.29 is 4.79 Å². The molecule has 2 aliphatic rings. The summed E-state index contributed by atoms with van der Waals surface area (Å²) >= 11 is 0. The Morgan fingerprint density at radius 1 is 1.42 bits per heavy atom. The zero-order valence-electron chi connectivity index (χ0n) is 13.0. The van der Waals surface area contributed by atoms with Crippen molar-refractivity contribution in [3.63, 3.8) is 0 Å². The SMILES string of the molecule is CCC(CN)CC(=O)NC1CC2CCC1(C)C2(C)C. The molecule has 2 bridgehead atoms. The smallest absolute Gasteiger partial charge is 0.220 e. The summed E-state index contributed by atoms with van der Waals surface area (Å²) in [6.45, 7) is 9.84. The zero-order chi connectivity index (χ0) is 14.3. The maximum atomic E-state index is 12.2. The first kappa shape index (κ1) is 14.8. The van der Waals surface area contributed by atoms with Crippen LogP contribution in [0, 0.1) is 22.7 Å². The van der Waals surface area contributed by atoms with Gasteiger partial charge in [0.25, 0.3) is 0 Å². The molecular weight excluding hydrogens is 236 g/mol. The van der Waals surface area contributed by atoms with Gasteiger partial charge in [0.05, 0.1) is 0 Å². The van der Waals surface area contributed by atoms with E-state index in [9.17, 15) is 4.79 Å². The Bertz CT molecular complexity index is 349. The lowest BCUT2D eigenvalue weighted by Gasteiger charge is -2.39. The van der Waals surface area contributed by atoms with Crippen LogP contribution in [0.4, 0.5) is 0 Å². The van der Waals surface area contributed by atoms with Crippen molar-refractivity contribution in [2.45, 2.75) is 65.8 Å². The highest BCUT2D eigenvalue weighted by Crippen LogP contribution is 2.65. The highest BCUT2D eigenvalue weighted by atomic mass is 16.1. The highest BCUT2D eigenvalue weighted by molar-refractivity contribution is 5.76. The molecule has 0 aliphatic heterocycles. The number of nitrogens with one attached hydrogen (secondary N) is 1. The molecule has 0 heterocycles. The molecule has 2 saturated carbocycles. The molecule has 0 aromatic heterocycles. The minimum atomic E-state index is 0.201. The average Bonchev–Trinajstić information content (AvgIpc) is 2.69. The Morgan fingerprint density at radius 2 is 2.11 bits per heavy atom. The van der Waals surface area contributed by atoms with Gasteiger partial charge in [-0.3, -0.25) is 4.79 Å². The van der Waals surface area contributed by atoms with Crippen molar-refractivity contribution in [3.05, 3.63) is 0 Å². The molecule has 2 rings (SSSR count). The van der Waals surface area contributed by atoms with Gasteiger partial charge in [-0.05, 0) is 48.5 Å². The van der Waals surface area contributed by atoms with Gasteiger partial charge in [0, 0.05) is 12.5 Å². The van der Waals surface area contributed by atoms with Gasteiger partial charge in [0.15, 0.2) is 0 Å². The summed E-state index contributed by atoms with van der Waals surface area (Å²) in [6, 6.07) is 0.365. The first-order valence-corrected chi connectivity index (χ1v) is 7.84. The molecule has 2 aliphatic carbocycles. The average molecular weight is 266 g/mol. The monoisotopic (exact) mass is 266 g/mol. The van der Waals surface area contributed by atoms with Crippen LogP contribution in [-0.2, 0) is 4.79 Å². The third-order valence-corrected chi connectivity index (χ3v) is 6.51. The first-order valence-electron chi connectivity index (χ1n) is 7.84. The van der Waals surface area contributed by atoms with Gasteiger partial charge in [0.2, 0.25) is 5.91 Å². The second-order valence-corrected chi connectivity index (χ2v) is 7.44. The molecule has 110 valence electrons. The normalized spacial score (nSPS) is 37.3. The van der Waals surface area contributed by atoms with E-state index in [4.69, 9.17) is 5.73 Å². The molecule has 1 amide bonds. The van der Waals surface area contributed by atoms with E-state index < -0.39 is 0 Å². The summed E-state index contributed by atoms with van der Waals surface area (Å²) in [7, 11) is 0. The number of nitrogens with two attached hydrogens (primary N) is 1. The molecule has 19 heavy (non-hydrogen) atoms. The Kier molecular flexibility index (Phi) is 3.97. The fourth-order valence-corrected chi connectivity index (χ4v) is 4.33. The summed E-state index contributed by atoms with van der Waals surface area (Å²) in [5.41, 5.74) is 6.33. The fraction of sp³-hybridized carbons (Fsp3) is 0.938. The summed E-state index contributed by atoms with van der Waals surface area (Å²) in [6.07, 6.45) is 5.32. The van der Waals surface area contributed by atoms with E-state index in [-0.39, 0.29) is 11.3 Å². The van der Waals surface area contributed by atoms with Gasteiger partial charge in [0.1, 0.15) is 0 Å². The zero-order valence-corrected chi connectivity index (χ0v) is 13.0. The molecule has 3 N–H and O–H groups in total. The summed E-state index contributed by atoms with van der Waals surface area (Å²) in [4.78, 5) is 12.2. The van der Waals surface area contributed by atoms with Crippen LogP contribution in [0.2, 0.25) is 0 Å². The fourth-order valence-electron chi connectivity index (χ4n) is 4.33. The number of amides is 1. The largest absolute Gasteiger partial charge is 0.353 e. The topological polar surface area (TPSA) is 55.1 Å². The number of hydrogen-bond donors (Lipinski definition) is 2. The number of carbonyl (C=O) groups excluding carboxylic acids is 1. The summed E-state index contributed by atoms with van der Waals surface area (Å²) in [5.74, 6) is 1.31. The molecule has 4 atom stereocenters. The van der Waals surface area contributed by atoms with Crippen molar-refractivity contribution in [3.8, 4) is 0 Å². The number of hydrogen-bond acceptors (Lipinski definition) is 2. The Balaban J connectivity index is 1.96. The van der Waals surface area contributed by atoms with Crippen LogP contribution in [0.1, 0.15) is 59.8 Å². The maximum absolute atomic E-state index is 12.2. The molecule has 2 fully saturated rings. The predicted molar refractivity (Wildman–Crippen MR) is 78.6 cm³/mol. The molecule has 0 saturated heterocycles.